The van der Waals surface area contributed by atoms with Crippen LogP contribution in [0.5, 0.6) is 0 Å². The Hall–Kier alpha value is -1.36. The van der Waals surface area contributed by atoms with Crippen molar-refractivity contribution in [3.05, 3.63) is 12.1 Å². The van der Waals surface area contributed by atoms with Crippen LogP contribution in [0.2, 0.25) is 0 Å². The van der Waals surface area contributed by atoms with Crippen molar-refractivity contribution in [1.82, 2.24) is 9.47 Å². The maximum absolute atomic E-state index is 10.8. The van der Waals surface area contributed by atoms with E-state index >= 15 is 0 Å². The quantitative estimate of drug-likeness (QED) is 0.634. The van der Waals surface area contributed by atoms with E-state index in [9.17, 15) is 4.79 Å². The molecule has 0 aliphatic carbocycles. The molecule has 1 aromatic rings. The summed E-state index contributed by atoms with van der Waals surface area (Å²) in [6.07, 6.45) is 1.22. The molecule has 0 aliphatic heterocycles. The van der Waals surface area contributed by atoms with Crippen LogP contribution in [0, 0.1) is 0 Å². The smallest absolute Gasteiger partial charge is 0.329 e. The number of amides is 1. The summed E-state index contributed by atoms with van der Waals surface area (Å²) in [6.45, 7) is 0. The molecule has 0 aromatic carbocycles. The number of hydrogen-bond donors (Lipinski definition) is 1. The van der Waals surface area contributed by atoms with E-state index in [1.54, 1.807) is 0 Å². The highest BCUT2D eigenvalue weighted by atomic mass is 16.4. The number of rotatable bonds is 2. The summed E-state index contributed by atoms with van der Waals surface area (Å²) >= 11 is 0. The molecule has 0 aliphatic rings. The summed E-state index contributed by atoms with van der Waals surface area (Å²) in [5.41, 5.74) is 5.28. The van der Waals surface area contributed by atoms with Crippen molar-refractivity contribution in [2.75, 3.05) is 21.1 Å². The summed E-state index contributed by atoms with van der Waals surface area (Å²) in [5.74, 6) is -0.0886. The average molecular weight is 170 g/mol. The Labute approximate surface area is 70.4 Å². The van der Waals surface area contributed by atoms with Gasteiger partial charge in [0.25, 0.3) is 5.91 Å². The zero-order chi connectivity index (χ0) is 9.35. The second-order valence-electron chi connectivity index (χ2n) is 3.38. The van der Waals surface area contributed by atoms with Gasteiger partial charge in [0, 0.05) is 0 Å². The van der Waals surface area contributed by atoms with Gasteiger partial charge in [-0.1, -0.05) is 0 Å². The van der Waals surface area contributed by atoms with Gasteiger partial charge in [-0.15, -0.1) is 0 Å². The first-order valence-electron chi connectivity index (χ1n) is 3.48. The molecule has 0 fully saturated rings. The van der Waals surface area contributed by atoms with Gasteiger partial charge in [0.2, 0.25) is 5.69 Å². The molecule has 5 heteroatoms. The Bertz CT molecular complexity index is 298. The van der Waals surface area contributed by atoms with Gasteiger partial charge in [-0.2, -0.15) is 0 Å². The Morgan fingerprint density at radius 3 is 2.50 bits per heavy atom. The zero-order valence-corrected chi connectivity index (χ0v) is 7.37. The van der Waals surface area contributed by atoms with E-state index in [0.717, 1.165) is 0 Å². The van der Waals surface area contributed by atoms with Crippen molar-refractivity contribution in [2.24, 2.45) is 5.73 Å². The van der Waals surface area contributed by atoms with Gasteiger partial charge < -0.3 is 10.2 Å². The van der Waals surface area contributed by atoms with Gasteiger partial charge in [-0.3, -0.25) is 9.28 Å². The number of nitrogens with zero attached hydrogens (tertiary/aromatic N) is 2. The molecule has 12 heavy (non-hydrogen) atoms. The summed E-state index contributed by atoms with van der Waals surface area (Å²) in [7, 11) is 5.60. The van der Waals surface area contributed by atoms with Crippen molar-refractivity contribution in [1.29, 1.82) is 0 Å². The van der Waals surface area contributed by atoms with E-state index in [-0.39, 0.29) is 5.69 Å². The van der Waals surface area contributed by atoms with Gasteiger partial charge >= 0.3 is 5.88 Å². The molecule has 66 valence electrons. The van der Waals surface area contributed by atoms with E-state index in [1.165, 1.54) is 6.39 Å². The molecule has 0 saturated carbocycles. The Morgan fingerprint density at radius 2 is 2.17 bits per heavy atom. The van der Waals surface area contributed by atoms with Crippen molar-refractivity contribution in [3.8, 4) is 0 Å². The largest absolute Gasteiger partial charge is 0.399 e. The van der Waals surface area contributed by atoms with E-state index in [0.29, 0.717) is 10.4 Å². The third-order valence-electron chi connectivity index (χ3n) is 1.39. The average Bonchev–Trinajstić information content (AvgIpc) is 2.30. The van der Waals surface area contributed by atoms with Gasteiger partial charge in [0.05, 0.1) is 21.1 Å². The number of hydrogen-bond acceptors (Lipinski definition) is 3. The third kappa shape index (κ3) is 1.45. The van der Waals surface area contributed by atoms with Gasteiger partial charge in [-0.05, 0) is 0 Å². The number of oxazole rings is 1. The normalized spacial score (nSPS) is 11.6. The lowest BCUT2D eigenvalue weighted by atomic mass is 10.4. The molecular formula is C7H12N3O2+. The van der Waals surface area contributed by atoms with Crippen LogP contribution in [-0.2, 0) is 0 Å². The first-order valence-corrected chi connectivity index (χ1v) is 3.48. The standard InChI is InChI=1S/C7H11N3O2/c1-10(2,3)7-5(6(8)11)9-4-12-7/h4H,1-3H3,(H-,8,11)/p+1. The van der Waals surface area contributed by atoms with E-state index in [2.05, 4.69) is 4.98 Å². The Morgan fingerprint density at radius 1 is 1.58 bits per heavy atom. The minimum absolute atomic E-state index is 0.197. The molecule has 0 bridgehead atoms. The molecule has 1 amide bonds. The lowest BCUT2D eigenvalue weighted by Gasteiger charge is -2.19. The lowest BCUT2D eigenvalue weighted by molar-refractivity contribution is 0.0994. The SMILES string of the molecule is C[N+](C)(C)c1ocnc1C(N)=O. The van der Waals surface area contributed by atoms with E-state index in [1.807, 2.05) is 21.1 Å². The van der Waals surface area contributed by atoms with Crippen LogP contribution in [0.1, 0.15) is 10.5 Å². The highest BCUT2D eigenvalue weighted by molar-refractivity contribution is 5.94. The van der Waals surface area contributed by atoms with Crippen LogP contribution in [0.25, 0.3) is 0 Å². The van der Waals surface area contributed by atoms with Crippen molar-refractivity contribution >= 4 is 11.8 Å². The molecular weight excluding hydrogens is 158 g/mol. The fraction of sp³-hybridized carbons (Fsp3) is 0.429. The number of aromatic nitrogens is 1. The second kappa shape index (κ2) is 2.60. The summed E-state index contributed by atoms with van der Waals surface area (Å²) < 4.78 is 5.44. The van der Waals surface area contributed by atoms with Crippen LogP contribution in [0.15, 0.2) is 10.8 Å². The molecule has 2 N–H and O–H groups in total. The molecule has 5 nitrogen and oxygen atoms in total. The molecule has 1 aromatic heterocycles. The molecule has 1 heterocycles. The Kier molecular flexibility index (Phi) is 1.89. The van der Waals surface area contributed by atoms with Crippen molar-refractivity contribution in [2.45, 2.75) is 0 Å². The summed E-state index contributed by atoms with van der Waals surface area (Å²) in [6, 6.07) is 0. The third-order valence-corrected chi connectivity index (χ3v) is 1.39. The maximum Gasteiger partial charge on any atom is 0.329 e. The predicted molar refractivity (Wildman–Crippen MR) is 44.6 cm³/mol. The van der Waals surface area contributed by atoms with Crippen LogP contribution in [-0.4, -0.2) is 32.0 Å². The van der Waals surface area contributed by atoms with Gasteiger partial charge in [0.15, 0.2) is 6.39 Å². The zero-order valence-electron chi connectivity index (χ0n) is 7.37. The molecule has 0 unspecified atom stereocenters. The molecule has 0 atom stereocenters. The Balaban J connectivity index is 3.17. The number of quaternary nitrogens is 1. The molecule has 0 spiro atoms. The predicted octanol–water partition coefficient (Wildman–Crippen LogP) is -0.0298. The lowest BCUT2D eigenvalue weighted by Crippen LogP contribution is -2.36. The van der Waals surface area contributed by atoms with Gasteiger partial charge in [-0.25, -0.2) is 4.98 Å². The summed E-state index contributed by atoms with van der Waals surface area (Å²) in [5, 5.41) is 0. The topological polar surface area (TPSA) is 69.1 Å². The number of nitrogens with two attached hydrogens (primary N) is 1. The van der Waals surface area contributed by atoms with Crippen LogP contribution >= 0.6 is 0 Å². The molecule has 1 rings (SSSR count). The monoisotopic (exact) mass is 170 g/mol. The summed E-state index contributed by atoms with van der Waals surface area (Å²) in [4.78, 5) is 14.5. The van der Waals surface area contributed by atoms with E-state index < -0.39 is 5.91 Å². The van der Waals surface area contributed by atoms with Crippen LogP contribution < -0.4 is 10.2 Å². The number of carbonyl (C=O) groups is 1. The number of carbonyl (C=O) groups excluding carboxylic acids is 1. The highest BCUT2D eigenvalue weighted by Crippen LogP contribution is 2.20. The van der Waals surface area contributed by atoms with E-state index in [4.69, 9.17) is 10.2 Å². The number of primary amides is 1. The van der Waals surface area contributed by atoms with Crippen LogP contribution in [0.4, 0.5) is 5.88 Å². The fourth-order valence-corrected chi connectivity index (χ4v) is 0.885. The van der Waals surface area contributed by atoms with Crippen molar-refractivity contribution in [3.63, 3.8) is 0 Å². The minimum Gasteiger partial charge on any atom is -0.399 e. The molecule has 0 radical (unpaired) electrons. The molecule has 0 saturated heterocycles. The van der Waals surface area contributed by atoms with Crippen molar-refractivity contribution < 1.29 is 9.21 Å². The first-order chi connectivity index (χ1) is 5.43. The van der Waals surface area contributed by atoms with Crippen LogP contribution in [0.3, 0.4) is 0 Å². The fourth-order valence-electron chi connectivity index (χ4n) is 0.885. The minimum atomic E-state index is -0.563. The second-order valence-corrected chi connectivity index (χ2v) is 3.38. The first kappa shape index (κ1) is 8.73. The van der Waals surface area contributed by atoms with Gasteiger partial charge in [0.1, 0.15) is 0 Å². The highest BCUT2D eigenvalue weighted by Gasteiger charge is 2.26. The maximum atomic E-state index is 10.8.